The first kappa shape index (κ1) is 9.83. The number of hydrogen-bond acceptors (Lipinski definition) is 3. The SMILES string of the molecule is CC(C)c1nc(N)nc2c(F)cccc12. The molecule has 0 atom stereocenters. The van der Waals surface area contributed by atoms with Crippen molar-refractivity contribution in [3.05, 3.63) is 29.7 Å². The predicted molar refractivity (Wildman–Crippen MR) is 58.0 cm³/mol. The molecule has 4 heteroatoms. The zero-order chi connectivity index (χ0) is 11.0. The average Bonchev–Trinajstić information content (AvgIpc) is 2.18. The summed E-state index contributed by atoms with van der Waals surface area (Å²) >= 11 is 0. The summed E-state index contributed by atoms with van der Waals surface area (Å²) < 4.78 is 13.5. The summed E-state index contributed by atoms with van der Waals surface area (Å²) in [6.07, 6.45) is 0. The first-order chi connectivity index (χ1) is 7.09. The van der Waals surface area contributed by atoms with Gasteiger partial charge in [-0.3, -0.25) is 0 Å². The summed E-state index contributed by atoms with van der Waals surface area (Å²) in [4.78, 5) is 8.05. The molecule has 0 amide bonds. The third-order valence-corrected chi connectivity index (χ3v) is 2.27. The van der Waals surface area contributed by atoms with Gasteiger partial charge in [-0.25, -0.2) is 14.4 Å². The van der Waals surface area contributed by atoms with Gasteiger partial charge >= 0.3 is 0 Å². The summed E-state index contributed by atoms with van der Waals surface area (Å²) in [5.41, 5.74) is 6.63. The highest BCUT2D eigenvalue weighted by atomic mass is 19.1. The molecule has 15 heavy (non-hydrogen) atoms. The monoisotopic (exact) mass is 205 g/mol. The second-order valence-electron chi connectivity index (χ2n) is 3.76. The van der Waals surface area contributed by atoms with E-state index in [1.807, 2.05) is 19.9 Å². The number of nitrogen functional groups attached to an aromatic ring is 1. The molecule has 1 aromatic carbocycles. The Bertz CT molecular complexity index is 508. The molecule has 2 aromatic rings. The van der Waals surface area contributed by atoms with Crippen LogP contribution in [0, 0.1) is 5.82 Å². The zero-order valence-electron chi connectivity index (χ0n) is 8.66. The number of nitrogens with two attached hydrogens (primary N) is 1. The number of nitrogens with zero attached hydrogens (tertiary/aromatic N) is 2. The van der Waals surface area contributed by atoms with Gasteiger partial charge in [-0.15, -0.1) is 0 Å². The summed E-state index contributed by atoms with van der Waals surface area (Å²) in [6, 6.07) is 4.84. The third kappa shape index (κ3) is 1.63. The summed E-state index contributed by atoms with van der Waals surface area (Å²) in [7, 11) is 0. The van der Waals surface area contributed by atoms with E-state index in [2.05, 4.69) is 9.97 Å². The van der Waals surface area contributed by atoms with Gasteiger partial charge in [0.25, 0.3) is 0 Å². The Morgan fingerprint density at radius 1 is 1.27 bits per heavy atom. The molecule has 3 nitrogen and oxygen atoms in total. The van der Waals surface area contributed by atoms with Crippen LogP contribution >= 0.6 is 0 Å². The van der Waals surface area contributed by atoms with Crippen molar-refractivity contribution in [2.45, 2.75) is 19.8 Å². The average molecular weight is 205 g/mol. The standard InChI is InChI=1S/C11H12FN3/c1-6(2)9-7-4-3-5-8(12)10(7)15-11(13)14-9/h3-6H,1-2H3,(H2,13,14,15). The molecule has 0 saturated heterocycles. The number of fused-ring (bicyclic) bond motifs is 1. The molecule has 0 fully saturated rings. The Hall–Kier alpha value is -1.71. The normalized spacial score (nSPS) is 11.2. The van der Waals surface area contributed by atoms with Crippen molar-refractivity contribution in [2.24, 2.45) is 0 Å². The number of aromatic nitrogens is 2. The Morgan fingerprint density at radius 3 is 2.67 bits per heavy atom. The number of halogens is 1. The van der Waals surface area contributed by atoms with Gasteiger partial charge in [0.05, 0.1) is 5.69 Å². The van der Waals surface area contributed by atoms with E-state index in [-0.39, 0.29) is 17.7 Å². The fraction of sp³-hybridized carbons (Fsp3) is 0.273. The molecule has 0 aliphatic rings. The van der Waals surface area contributed by atoms with Gasteiger partial charge in [-0.1, -0.05) is 26.0 Å². The van der Waals surface area contributed by atoms with Gasteiger partial charge < -0.3 is 5.73 Å². The molecular weight excluding hydrogens is 193 g/mol. The van der Waals surface area contributed by atoms with Crippen LogP contribution in [0.4, 0.5) is 10.3 Å². The summed E-state index contributed by atoms with van der Waals surface area (Å²) in [5.74, 6) is -0.0422. The van der Waals surface area contributed by atoms with Gasteiger partial charge in [-0.05, 0) is 12.0 Å². The van der Waals surface area contributed by atoms with Crippen LogP contribution < -0.4 is 5.73 Å². The molecule has 2 rings (SSSR count). The van der Waals surface area contributed by atoms with E-state index in [1.165, 1.54) is 6.07 Å². The highest BCUT2D eigenvalue weighted by Crippen LogP contribution is 2.24. The van der Waals surface area contributed by atoms with E-state index >= 15 is 0 Å². The van der Waals surface area contributed by atoms with E-state index < -0.39 is 0 Å². The zero-order valence-corrected chi connectivity index (χ0v) is 8.66. The van der Waals surface area contributed by atoms with Gasteiger partial charge in [0.15, 0.2) is 0 Å². The summed E-state index contributed by atoms with van der Waals surface area (Å²) in [5, 5.41) is 0.735. The van der Waals surface area contributed by atoms with Crippen LogP contribution in [0.3, 0.4) is 0 Å². The Labute approximate surface area is 87.2 Å². The quantitative estimate of drug-likeness (QED) is 0.778. The Morgan fingerprint density at radius 2 is 2.00 bits per heavy atom. The highest BCUT2D eigenvalue weighted by Gasteiger charge is 2.11. The van der Waals surface area contributed by atoms with E-state index in [9.17, 15) is 4.39 Å². The molecule has 0 saturated carbocycles. The molecule has 1 heterocycles. The maximum absolute atomic E-state index is 13.5. The van der Waals surface area contributed by atoms with Crippen LogP contribution in [0.25, 0.3) is 10.9 Å². The molecule has 0 spiro atoms. The van der Waals surface area contributed by atoms with Gasteiger partial charge in [0.1, 0.15) is 11.3 Å². The van der Waals surface area contributed by atoms with Crippen LogP contribution in [0.15, 0.2) is 18.2 Å². The van der Waals surface area contributed by atoms with Gasteiger partial charge in [-0.2, -0.15) is 0 Å². The lowest BCUT2D eigenvalue weighted by Gasteiger charge is -2.09. The second-order valence-corrected chi connectivity index (χ2v) is 3.76. The van der Waals surface area contributed by atoms with Crippen molar-refractivity contribution in [3.63, 3.8) is 0 Å². The fourth-order valence-electron chi connectivity index (χ4n) is 1.60. The molecule has 0 unspecified atom stereocenters. The highest BCUT2D eigenvalue weighted by molar-refractivity contribution is 5.82. The Kier molecular flexibility index (Phi) is 2.26. The minimum atomic E-state index is -0.358. The molecule has 78 valence electrons. The molecule has 0 bridgehead atoms. The van der Waals surface area contributed by atoms with Crippen LogP contribution in [-0.2, 0) is 0 Å². The van der Waals surface area contributed by atoms with Crippen molar-refractivity contribution in [2.75, 3.05) is 5.73 Å². The number of benzene rings is 1. The number of rotatable bonds is 1. The smallest absolute Gasteiger partial charge is 0.220 e. The number of para-hydroxylation sites is 1. The van der Waals surface area contributed by atoms with Crippen molar-refractivity contribution >= 4 is 16.9 Å². The van der Waals surface area contributed by atoms with E-state index in [4.69, 9.17) is 5.73 Å². The van der Waals surface area contributed by atoms with Crippen molar-refractivity contribution in [1.82, 2.24) is 9.97 Å². The van der Waals surface area contributed by atoms with Crippen LogP contribution in [0.2, 0.25) is 0 Å². The molecule has 1 aromatic heterocycles. The molecule has 0 aliphatic carbocycles. The van der Waals surface area contributed by atoms with Crippen molar-refractivity contribution in [1.29, 1.82) is 0 Å². The third-order valence-electron chi connectivity index (χ3n) is 2.27. The first-order valence-corrected chi connectivity index (χ1v) is 4.81. The van der Waals surface area contributed by atoms with Crippen molar-refractivity contribution < 1.29 is 4.39 Å². The number of hydrogen-bond donors (Lipinski definition) is 1. The molecule has 2 N–H and O–H groups in total. The lowest BCUT2D eigenvalue weighted by atomic mass is 10.0. The minimum Gasteiger partial charge on any atom is -0.368 e. The largest absolute Gasteiger partial charge is 0.368 e. The van der Waals surface area contributed by atoms with Crippen molar-refractivity contribution in [3.8, 4) is 0 Å². The fourth-order valence-corrected chi connectivity index (χ4v) is 1.60. The molecule has 0 radical (unpaired) electrons. The van der Waals surface area contributed by atoms with Crippen LogP contribution in [0.1, 0.15) is 25.5 Å². The second kappa shape index (κ2) is 3.46. The number of anilines is 1. The maximum atomic E-state index is 13.5. The Balaban J connectivity index is 2.86. The molecule has 0 aliphatic heterocycles. The van der Waals surface area contributed by atoms with E-state index in [1.54, 1.807) is 6.07 Å². The molecular formula is C11H12FN3. The minimum absolute atomic E-state index is 0.122. The lowest BCUT2D eigenvalue weighted by molar-refractivity contribution is 0.636. The predicted octanol–water partition coefficient (Wildman–Crippen LogP) is 2.47. The lowest BCUT2D eigenvalue weighted by Crippen LogP contribution is -2.03. The van der Waals surface area contributed by atoms with E-state index in [0.717, 1.165) is 11.1 Å². The van der Waals surface area contributed by atoms with Gasteiger partial charge in [0, 0.05) is 5.39 Å². The maximum Gasteiger partial charge on any atom is 0.220 e. The van der Waals surface area contributed by atoms with Crippen LogP contribution in [0.5, 0.6) is 0 Å². The van der Waals surface area contributed by atoms with Gasteiger partial charge in [0.2, 0.25) is 5.95 Å². The topological polar surface area (TPSA) is 51.8 Å². The van der Waals surface area contributed by atoms with E-state index in [0.29, 0.717) is 5.52 Å². The summed E-state index contributed by atoms with van der Waals surface area (Å²) in [6.45, 7) is 3.98. The van der Waals surface area contributed by atoms with Crippen LogP contribution in [-0.4, -0.2) is 9.97 Å². The first-order valence-electron chi connectivity index (χ1n) is 4.81.